The Balaban J connectivity index is 2.05. The maximum absolute atomic E-state index is 12.6. The molecule has 1 aliphatic rings. The SMILES string of the molecule is Cc1ccc(C(=O)C2CCC(C(C)C)CC2)c(C)c1. The fourth-order valence-corrected chi connectivity index (χ4v) is 3.36. The molecule has 1 nitrogen and oxygen atoms in total. The molecule has 0 amide bonds. The lowest BCUT2D eigenvalue weighted by atomic mass is 9.74. The first-order valence-electron chi connectivity index (χ1n) is 7.60. The van der Waals surface area contributed by atoms with E-state index in [2.05, 4.69) is 39.8 Å². The summed E-state index contributed by atoms with van der Waals surface area (Å²) in [5, 5.41) is 0. The van der Waals surface area contributed by atoms with E-state index in [-0.39, 0.29) is 5.92 Å². The van der Waals surface area contributed by atoms with Gasteiger partial charge in [-0.2, -0.15) is 0 Å². The van der Waals surface area contributed by atoms with Crippen LogP contribution in [0.1, 0.15) is 61.0 Å². The number of Topliss-reactive ketones (excluding diaryl/α,β-unsaturated/α-hetero) is 1. The number of ketones is 1. The summed E-state index contributed by atoms with van der Waals surface area (Å²) in [5.74, 6) is 2.22. The maximum Gasteiger partial charge on any atom is 0.166 e. The Labute approximate surface area is 117 Å². The van der Waals surface area contributed by atoms with E-state index in [9.17, 15) is 4.79 Å². The second-order valence-corrected chi connectivity index (χ2v) is 6.54. The Kier molecular flexibility index (Phi) is 4.44. The lowest BCUT2D eigenvalue weighted by Crippen LogP contribution is -2.24. The Hall–Kier alpha value is -1.11. The molecule has 1 aromatic rings. The zero-order valence-electron chi connectivity index (χ0n) is 12.7. The molecule has 1 heteroatoms. The van der Waals surface area contributed by atoms with Gasteiger partial charge in [0.2, 0.25) is 0 Å². The Morgan fingerprint density at radius 2 is 1.74 bits per heavy atom. The summed E-state index contributed by atoms with van der Waals surface area (Å²) < 4.78 is 0. The van der Waals surface area contributed by atoms with E-state index in [0.717, 1.165) is 35.8 Å². The average Bonchev–Trinajstić information content (AvgIpc) is 2.38. The normalized spacial score (nSPS) is 23.6. The Morgan fingerprint density at radius 1 is 1.11 bits per heavy atom. The average molecular weight is 258 g/mol. The topological polar surface area (TPSA) is 17.1 Å². The summed E-state index contributed by atoms with van der Waals surface area (Å²) in [4.78, 5) is 12.6. The zero-order chi connectivity index (χ0) is 14.0. The van der Waals surface area contributed by atoms with Gasteiger partial charge in [0, 0.05) is 11.5 Å². The molecule has 0 spiro atoms. The first-order valence-corrected chi connectivity index (χ1v) is 7.60. The van der Waals surface area contributed by atoms with Gasteiger partial charge < -0.3 is 0 Å². The molecular weight excluding hydrogens is 232 g/mol. The van der Waals surface area contributed by atoms with Gasteiger partial charge in [0.05, 0.1) is 0 Å². The van der Waals surface area contributed by atoms with E-state index in [1.54, 1.807) is 0 Å². The molecule has 0 aliphatic heterocycles. The number of hydrogen-bond acceptors (Lipinski definition) is 1. The van der Waals surface area contributed by atoms with Crippen LogP contribution in [0.5, 0.6) is 0 Å². The van der Waals surface area contributed by atoms with Crippen molar-refractivity contribution in [2.45, 2.75) is 53.4 Å². The van der Waals surface area contributed by atoms with Crippen molar-refractivity contribution in [3.05, 3.63) is 34.9 Å². The maximum atomic E-state index is 12.6. The number of benzene rings is 1. The fraction of sp³-hybridized carbons (Fsp3) is 0.611. The second kappa shape index (κ2) is 5.90. The minimum atomic E-state index is 0.261. The molecule has 0 aromatic heterocycles. The molecule has 2 rings (SSSR count). The van der Waals surface area contributed by atoms with Gasteiger partial charge in [0.15, 0.2) is 5.78 Å². The lowest BCUT2D eigenvalue weighted by molar-refractivity contribution is 0.0858. The van der Waals surface area contributed by atoms with Gasteiger partial charge in [-0.3, -0.25) is 4.79 Å². The number of carbonyl (C=O) groups excluding carboxylic acids is 1. The third-order valence-corrected chi connectivity index (χ3v) is 4.73. The molecule has 104 valence electrons. The summed E-state index contributed by atoms with van der Waals surface area (Å²) >= 11 is 0. The van der Waals surface area contributed by atoms with Crippen molar-refractivity contribution in [1.82, 2.24) is 0 Å². The van der Waals surface area contributed by atoms with E-state index in [1.165, 1.54) is 18.4 Å². The third kappa shape index (κ3) is 3.26. The summed E-state index contributed by atoms with van der Waals surface area (Å²) in [5.41, 5.74) is 3.31. The van der Waals surface area contributed by atoms with E-state index in [0.29, 0.717) is 5.78 Å². The highest BCUT2D eigenvalue weighted by molar-refractivity contribution is 5.99. The van der Waals surface area contributed by atoms with Crippen molar-refractivity contribution in [2.24, 2.45) is 17.8 Å². The molecule has 0 heterocycles. The number of hydrogen-bond donors (Lipinski definition) is 0. The minimum Gasteiger partial charge on any atom is -0.294 e. The lowest BCUT2D eigenvalue weighted by Gasteiger charge is -2.30. The van der Waals surface area contributed by atoms with Crippen molar-refractivity contribution in [1.29, 1.82) is 0 Å². The Morgan fingerprint density at radius 3 is 2.26 bits per heavy atom. The molecule has 0 N–H and O–H groups in total. The largest absolute Gasteiger partial charge is 0.294 e. The highest BCUT2D eigenvalue weighted by Gasteiger charge is 2.28. The van der Waals surface area contributed by atoms with Crippen LogP contribution in [0.15, 0.2) is 18.2 Å². The van der Waals surface area contributed by atoms with Crippen LogP contribution >= 0.6 is 0 Å². The summed E-state index contributed by atoms with van der Waals surface area (Å²) in [7, 11) is 0. The van der Waals surface area contributed by atoms with Crippen LogP contribution in [0, 0.1) is 31.6 Å². The fourth-order valence-electron chi connectivity index (χ4n) is 3.36. The van der Waals surface area contributed by atoms with Crippen LogP contribution < -0.4 is 0 Å². The third-order valence-electron chi connectivity index (χ3n) is 4.73. The van der Waals surface area contributed by atoms with E-state index in [1.807, 2.05) is 6.07 Å². The first-order chi connectivity index (χ1) is 8.99. The molecule has 1 aliphatic carbocycles. The monoisotopic (exact) mass is 258 g/mol. The predicted molar refractivity (Wildman–Crippen MR) is 80.5 cm³/mol. The quantitative estimate of drug-likeness (QED) is 0.701. The van der Waals surface area contributed by atoms with Gasteiger partial charge in [-0.15, -0.1) is 0 Å². The van der Waals surface area contributed by atoms with Crippen molar-refractivity contribution < 1.29 is 4.79 Å². The van der Waals surface area contributed by atoms with Gasteiger partial charge in [0.25, 0.3) is 0 Å². The molecule has 0 bridgehead atoms. The van der Waals surface area contributed by atoms with Crippen molar-refractivity contribution in [2.75, 3.05) is 0 Å². The molecule has 1 saturated carbocycles. The van der Waals surface area contributed by atoms with Crippen LogP contribution in [0.25, 0.3) is 0 Å². The van der Waals surface area contributed by atoms with Crippen LogP contribution in [-0.2, 0) is 0 Å². The summed E-state index contributed by atoms with van der Waals surface area (Å²) in [6.45, 7) is 8.74. The van der Waals surface area contributed by atoms with Gasteiger partial charge in [-0.25, -0.2) is 0 Å². The number of aryl methyl sites for hydroxylation is 2. The molecule has 0 atom stereocenters. The highest BCUT2D eigenvalue weighted by Crippen LogP contribution is 2.35. The van der Waals surface area contributed by atoms with Gasteiger partial charge in [0.1, 0.15) is 0 Å². The standard InChI is InChI=1S/C18H26O/c1-12(2)15-6-8-16(9-7-15)18(19)17-10-5-13(3)11-14(17)4/h5,10-12,15-16H,6-9H2,1-4H3. The highest BCUT2D eigenvalue weighted by atomic mass is 16.1. The smallest absolute Gasteiger partial charge is 0.166 e. The van der Waals surface area contributed by atoms with Crippen LogP contribution in [0.4, 0.5) is 0 Å². The van der Waals surface area contributed by atoms with Crippen molar-refractivity contribution in [3.8, 4) is 0 Å². The van der Waals surface area contributed by atoms with E-state index < -0.39 is 0 Å². The predicted octanol–water partition coefficient (Wildman–Crippen LogP) is 4.95. The van der Waals surface area contributed by atoms with Gasteiger partial charge >= 0.3 is 0 Å². The molecule has 0 radical (unpaired) electrons. The first kappa shape index (κ1) is 14.3. The molecule has 19 heavy (non-hydrogen) atoms. The number of carbonyl (C=O) groups is 1. The van der Waals surface area contributed by atoms with E-state index >= 15 is 0 Å². The molecular formula is C18H26O. The molecule has 1 fully saturated rings. The van der Waals surface area contributed by atoms with Crippen LogP contribution in [0.3, 0.4) is 0 Å². The van der Waals surface area contributed by atoms with Crippen LogP contribution in [0.2, 0.25) is 0 Å². The zero-order valence-corrected chi connectivity index (χ0v) is 12.7. The number of rotatable bonds is 3. The van der Waals surface area contributed by atoms with Crippen molar-refractivity contribution >= 4 is 5.78 Å². The summed E-state index contributed by atoms with van der Waals surface area (Å²) in [6, 6.07) is 6.19. The van der Waals surface area contributed by atoms with Gasteiger partial charge in [-0.05, 0) is 56.9 Å². The minimum absolute atomic E-state index is 0.261. The summed E-state index contributed by atoms with van der Waals surface area (Å²) in [6.07, 6.45) is 4.60. The van der Waals surface area contributed by atoms with Crippen LogP contribution in [-0.4, -0.2) is 5.78 Å². The molecule has 1 aromatic carbocycles. The molecule has 0 unspecified atom stereocenters. The molecule has 0 saturated heterocycles. The van der Waals surface area contributed by atoms with E-state index in [4.69, 9.17) is 0 Å². The van der Waals surface area contributed by atoms with Gasteiger partial charge in [-0.1, -0.05) is 37.6 Å². The van der Waals surface area contributed by atoms with Crippen molar-refractivity contribution in [3.63, 3.8) is 0 Å². The Bertz CT molecular complexity index is 451. The second-order valence-electron chi connectivity index (χ2n) is 6.54.